The number of benzene rings is 1. The van der Waals surface area contributed by atoms with Crippen molar-refractivity contribution in [2.75, 3.05) is 5.75 Å². The van der Waals surface area contributed by atoms with Crippen molar-refractivity contribution in [2.24, 2.45) is 0 Å². The number of aromatic nitrogens is 1. The van der Waals surface area contributed by atoms with Gasteiger partial charge in [-0.25, -0.2) is 0 Å². The minimum atomic E-state index is 0.138. The summed E-state index contributed by atoms with van der Waals surface area (Å²) in [5, 5.41) is 0. The standard InChI is InChI=1S/C13H10BrNOS/c14-11-3-1-10(2-4-11)13(16)9-17-12-5-7-15-8-6-12/h1-8H,9H2. The first-order valence-corrected chi connectivity index (χ1v) is 6.85. The molecule has 0 saturated heterocycles. The number of thioether (sulfide) groups is 1. The zero-order valence-electron chi connectivity index (χ0n) is 8.97. The molecular formula is C13H10BrNOS. The quantitative estimate of drug-likeness (QED) is 0.635. The Morgan fingerprint density at radius 2 is 1.76 bits per heavy atom. The molecule has 0 spiro atoms. The zero-order valence-corrected chi connectivity index (χ0v) is 11.4. The SMILES string of the molecule is O=C(CSc1ccncc1)c1ccc(Br)cc1. The highest BCUT2D eigenvalue weighted by atomic mass is 79.9. The van der Waals surface area contributed by atoms with Gasteiger partial charge in [-0.05, 0) is 24.3 Å². The van der Waals surface area contributed by atoms with E-state index in [0.717, 1.165) is 14.9 Å². The predicted octanol–water partition coefficient (Wildman–Crippen LogP) is 3.82. The van der Waals surface area contributed by atoms with Crippen LogP contribution in [0.3, 0.4) is 0 Å². The van der Waals surface area contributed by atoms with Crippen LogP contribution in [-0.4, -0.2) is 16.5 Å². The molecule has 4 heteroatoms. The number of Topliss-reactive ketones (excluding diaryl/α,β-unsaturated/α-hetero) is 1. The van der Waals surface area contributed by atoms with Crippen molar-refractivity contribution in [2.45, 2.75) is 4.90 Å². The summed E-state index contributed by atoms with van der Waals surface area (Å²) in [4.78, 5) is 16.9. The molecule has 1 aromatic heterocycles. The number of carbonyl (C=O) groups is 1. The molecule has 0 aliphatic carbocycles. The fraction of sp³-hybridized carbons (Fsp3) is 0.0769. The van der Waals surface area contributed by atoms with Gasteiger partial charge in [0.25, 0.3) is 0 Å². The lowest BCUT2D eigenvalue weighted by Gasteiger charge is -2.01. The second-order valence-electron chi connectivity index (χ2n) is 3.40. The molecule has 0 aliphatic heterocycles. The molecule has 1 heterocycles. The first kappa shape index (κ1) is 12.3. The molecule has 1 aromatic carbocycles. The highest BCUT2D eigenvalue weighted by Gasteiger charge is 2.06. The molecule has 0 saturated carbocycles. The first-order chi connectivity index (χ1) is 8.25. The Bertz CT molecular complexity index is 499. The van der Waals surface area contributed by atoms with E-state index in [9.17, 15) is 4.79 Å². The van der Waals surface area contributed by atoms with Gasteiger partial charge in [-0.15, -0.1) is 11.8 Å². The maximum Gasteiger partial charge on any atom is 0.173 e. The average molecular weight is 308 g/mol. The lowest BCUT2D eigenvalue weighted by atomic mass is 10.2. The summed E-state index contributed by atoms with van der Waals surface area (Å²) in [6, 6.07) is 11.2. The van der Waals surface area contributed by atoms with Crippen LogP contribution in [-0.2, 0) is 0 Å². The van der Waals surface area contributed by atoms with Crippen molar-refractivity contribution < 1.29 is 4.79 Å². The van der Waals surface area contributed by atoms with Crippen molar-refractivity contribution >= 4 is 33.5 Å². The summed E-state index contributed by atoms with van der Waals surface area (Å²) in [6.45, 7) is 0. The van der Waals surface area contributed by atoms with Gasteiger partial charge in [-0.1, -0.05) is 28.1 Å². The van der Waals surface area contributed by atoms with Gasteiger partial charge >= 0.3 is 0 Å². The van der Waals surface area contributed by atoms with Crippen LogP contribution in [0.1, 0.15) is 10.4 Å². The molecule has 0 bridgehead atoms. The maximum atomic E-state index is 11.9. The van der Waals surface area contributed by atoms with Gasteiger partial charge in [0.05, 0.1) is 5.75 Å². The summed E-state index contributed by atoms with van der Waals surface area (Å²) in [7, 11) is 0. The van der Waals surface area contributed by atoms with Crippen molar-refractivity contribution in [1.29, 1.82) is 0 Å². The minimum Gasteiger partial charge on any atom is -0.293 e. The third-order valence-electron chi connectivity index (χ3n) is 2.19. The molecule has 0 amide bonds. The molecular weight excluding hydrogens is 298 g/mol. The lowest BCUT2D eigenvalue weighted by Crippen LogP contribution is -2.01. The second-order valence-corrected chi connectivity index (χ2v) is 5.37. The Morgan fingerprint density at radius 1 is 1.12 bits per heavy atom. The third kappa shape index (κ3) is 3.68. The van der Waals surface area contributed by atoms with E-state index >= 15 is 0 Å². The van der Waals surface area contributed by atoms with Crippen LogP contribution in [0, 0.1) is 0 Å². The molecule has 17 heavy (non-hydrogen) atoms. The lowest BCUT2D eigenvalue weighted by molar-refractivity contribution is 0.102. The largest absolute Gasteiger partial charge is 0.293 e. The van der Waals surface area contributed by atoms with E-state index in [2.05, 4.69) is 20.9 Å². The minimum absolute atomic E-state index is 0.138. The molecule has 86 valence electrons. The summed E-state index contributed by atoms with van der Waals surface area (Å²) in [5.41, 5.74) is 0.745. The van der Waals surface area contributed by atoms with E-state index in [4.69, 9.17) is 0 Å². The normalized spacial score (nSPS) is 10.2. The van der Waals surface area contributed by atoms with Crippen LogP contribution < -0.4 is 0 Å². The van der Waals surface area contributed by atoms with E-state index in [1.165, 1.54) is 11.8 Å². The van der Waals surface area contributed by atoms with Gasteiger partial charge in [0.15, 0.2) is 5.78 Å². The number of hydrogen-bond donors (Lipinski definition) is 0. The summed E-state index contributed by atoms with van der Waals surface area (Å²) >= 11 is 4.87. The van der Waals surface area contributed by atoms with Gasteiger partial charge < -0.3 is 0 Å². The van der Waals surface area contributed by atoms with Crippen LogP contribution in [0.5, 0.6) is 0 Å². The average Bonchev–Trinajstić information content (AvgIpc) is 2.38. The molecule has 0 N–H and O–H groups in total. The predicted molar refractivity (Wildman–Crippen MR) is 73.4 cm³/mol. The van der Waals surface area contributed by atoms with E-state index in [-0.39, 0.29) is 5.78 Å². The summed E-state index contributed by atoms with van der Waals surface area (Å²) < 4.78 is 0.982. The number of hydrogen-bond acceptors (Lipinski definition) is 3. The molecule has 0 atom stereocenters. The zero-order chi connectivity index (χ0) is 12.1. The van der Waals surface area contributed by atoms with Crippen molar-refractivity contribution in [3.8, 4) is 0 Å². The molecule has 0 radical (unpaired) electrons. The van der Waals surface area contributed by atoms with Crippen LogP contribution in [0.15, 0.2) is 58.2 Å². The topological polar surface area (TPSA) is 30.0 Å². The second kappa shape index (κ2) is 5.98. The Hall–Kier alpha value is -1.13. The van der Waals surface area contributed by atoms with Gasteiger partial charge in [-0.3, -0.25) is 9.78 Å². The number of pyridine rings is 1. The van der Waals surface area contributed by atoms with Crippen LogP contribution in [0.4, 0.5) is 0 Å². The van der Waals surface area contributed by atoms with E-state index in [0.29, 0.717) is 5.75 Å². The van der Waals surface area contributed by atoms with E-state index in [1.54, 1.807) is 12.4 Å². The van der Waals surface area contributed by atoms with Crippen molar-refractivity contribution in [1.82, 2.24) is 4.98 Å². The molecule has 2 rings (SSSR count). The Kier molecular flexibility index (Phi) is 4.34. The highest BCUT2D eigenvalue weighted by molar-refractivity contribution is 9.10. The third-order valence-corrected chi connectivity index (χ3v) is 3.73. The maximum absolute atomic E-state index is 11.9. The van der Waals surface area contributed by atoms with E-state index in [1.807, 2.05) is 36.4 Å². The number of carbonyl (C=O) groups excluding carboxylic acids is 1. The number of rotatable bonds is 4. The van der Waals surface area contributed by atoms with Gasteiger partial charge in [0.2, 0.25) is 0 Å². The van der Waals surface area contributed by atoms with Crippen molar-refractivity contribution in [3.63, 3.8) is 0 Å². The Balaban J connectivity index is 1.96. The number of ketones is 1. The Morgan fingerprint density at radius 3 is 2.41 bits per heavy atom. The molecule has 2 nitrogen and oxygen atoms in total. The number of nitrogens with zero attached hydrogens (tertiary/aromatic N) is 1. The fourth-order valence-corrected chi connectivity index (χ4v) is 2.35. The van der Waals surface area contributed by atoms with Crippen LogP contribution in [0.25, 0.3) is 0 Å². The molecule has 0 unspecified atom stereocenters. The Labute approximate surface area is 113 Å². The van der Waals surface area contributed by atoms with Crippen LogP contribution >= 0.6 is 27.7 Å². The fourth-order valence-electron chi connectivity index (χ4n) is 1.30. The van der Waals surface area contributed by atoms with Gasteiger partial charge in [0.1, 0.15) is 0 Å². The summed E-state index contributed by atoms with van der Waals surface area (Å²) in [5.74, 6) is 0.588. The smallest absolute Gasteiger partial charge is 0.173 e. The highest BCUT2D eigenvalue weighted by Crippen LogP contribution is 2.18. The monoisotopic (exact) mass is 307 g/mol. The van der Waals surface area contributed by atoms with E-state index < -0.39 is 0 Å². The first-order valence-electron chi connectivity index (χ1n) is 5.07. The van der Waals surface area contributed by atoms with Gasteiger partial charge in [-0.2, -0.15) is 0 Å². The number of halogens is 1. The van der Waals surface area contributed by atoms with Gasteiger partial charge in [0, 0.05) is 27.3 Å². The molecule has 0 fully saturated rings. The van der Waals surface area contributed by atoms with Crippen LogP contribution in [0.2, 0.25) is 0 Å². The molecule has 2 aromatic rings. The molecule has 0 aliphatic rings. The summed E-state index contributed by atoms with van der Waals surface area (Å²) in [6.07, 6.45) is 3.46. The van der Waals surface area contributed by atoms with Crippen molar-refractivity contribution in [3.05, 3.63) is 58.8 Å².